The molecule has 1 amide bonds. The smallest absolute Gasteiger partial charge is 0.255 e. The summed E-state index contributed by atoms with van der Waals surface area (Å²) in [6, 6.07) is 11.1. The van der Waals surface area contributed by atoms with Crippen LogP contribution in [0.1, 0.15) is 43.1 Å². The van der Waals surface area contributed by atoms with Crippen LogP contribution in [0.25, 0.3) is 0 Å². The van der Waals surface area contributed by atoms with Gasteiger partial charge >= 0.3 is 0 Å². The molecule has 1 aliphatic rings. The Hall–Kier alpha value is -2.55. The van der Waals surface area contributed by atoms with Gasteiger partial charge < -0.3 is 20.7 Å². The molecule has 3 rings (SSSR count). The van der Waals surface area contributed by atoms with Gasteiger partial charge in [-0.1, -0.05) is 26.8 Å². The van der Waals surface area contributed by atoms with E-state index in [9.17, 15) is 4.79 Å². The summed E-state index contributed by atoms with van der Waals surface area (Å²) < 4.78 is 5.49. The summed E-state index contributed by atoms with van der Waals surface area (Å²) in [5, 5.41) is 8.72. The average molecular weight is 456 g/mol. The lowest BCUT2D eigenvalue weighted by atomic mass is 9.92. The van der Waals surface area contributed by atoms with Crippen molar-refractivity contribution in [3.05, 3.63) is 47.5 Å². The maximum Gasteiger partial charge on any atom is 0.255 e. The summed E-state index contributed by atoms with van der Waals surface area (Å²) in [6.07, 6.45) is 2.78. The molecule has 2 aromatic carbocycles. The first-order valence-corrected chi connectivity index (χ1v) is 11.7. The van der Waals surface area contributed by atoms with Gasteiger partial charge in [0.05, 0.1) is 24.6 Å². The molecule has 5 N–H and O–H groups in total. The standard InChI is InChI=1S/C24H33N5O2S/c1-24(2,3)7-8-27-16-18-14-21(22(15-20(18)25)29-9-11-31-12-10-29)28-23(30)17-5-4-6-19(13-17)32-26/h4-6,13-16H,7-12,25-26H2,1-3H3,(H,28,30). The fraction of sp³-hybridized carbons (Fsp3) is 0.417. The van der Waals surface area contributed by atoms with Crippen molar-refractivity contribution >= 4 is 41.1 Å². The number of carbonyl (C=O) groups excluding carboxylic acids is 1. The van der Waals surface area contributed by atoms with Crippen LogP contribution in [0.15, 0.2) is 46.3 Å². The van der Waals surface area contributed by atoms with E-state index in [2.05, 4.69) is 36.0 Å². The highest BCUT2D eigenvalue weighted by atomic mass is 32.2. The Morgan fingerprint density at radius 3 is 2.69 bits per heavy atom. The zero-order chi connectivity index (χ0) is 23.1. The first kappa shape index (κ1) is 24.1. The molecule has 0 radical (unpaired) electrons. The Kier molecular flexibility index (Phi) is 8.17. The molecule has 1 fully saturated rings. The molecular weight excluding hydrogens is 422 g/mol. The van der Waals surface area contributed by atoms with Gasteiger partial charge in [-0.15, -0.1) is 0 Å². The third-order valence-electron chi connectivity index (χ3n) is 5.25. The molecule has 1 saturated heterocycles. The summed E-state index contributed by atoms with van der Waals surface area (Å²) in [5.41, 5.74) is 10.1. The number of carbonyl (C=O) groups is 1. The third-order valence-corrected chi connectivity index (χ3v) is 5.78. The highest BCUT2D eigenvalue weighted by molar-refractivity contribution is 7.97. The van der Waals surface area contributed by atoms with Crippen molar-refractivity contribution in [2.45, 2.75) is 32.1 Å². The van der Waals surface area contributed by atoms with Crippen molar-refractivity contribution < 1.29 is 9.53 Å². The Labute approximate surface area is 194 Å². The lowest BCUT2D eigenvalue weighted by molar-refractivity contribution is 0.102. The van der Waals surface area contributed by atoms with Crippen molar-refractivity contribution in [3.8, 4) is 0 Å². The van der Waals surface area contributed by atoms with Gasteiger partial charge in [-0.2, -0.15) is 0 Å². The van der Waals surface area contributed by atoms with E-state index in [-0.39, 0.29) is 11.3 Å². The number of morpholine rings is 1. The SMILES string of the molecule is CC(C)(C)CCN=Cc1cc(NC(=O)c2cccc(SN)c2)c(N2CCOCC2)cc1N. The van der Waals surface area contributed by atoms with E-state index in [1.807, 2.05) is 24.3 Å². The van der Waals surface area contributed by atoms with E-state index in [1.54, 1.807) is 18.3 Å². The van der Waals surface area contributed by atoms with E-state index in [0.717, 1.165) is 54.1 Å². The molecule has 0 aliphatic carbocycles. The fourth-order valence-corrected chi connectivity index (χ4v) is 3.72. The molecule has 8 heteroatoms. The van der Waals surface area contributed by atoms with Gasteiger partial charge in [0.2, 0.25) is 0 Å². The van der Waals surface area contributed by atoms with Crippen LogP contribution in [0.4, 0.5) is 17.1 Å². The number of hydrogen-bond donors (Lipinski definition) is 3. The number of benzene rings is 2. The maximum absolute atomic E-state index is 13.0. The topological polar surface area (TPSA) is 106 Å². The zero-order valence-electron chi connectivity index (χ0n) is 19.1. The van der Waals surface area contributed by atoms with E-state index in [4.69, 9.17) is 15.6 Å². The number of nitrogen functional groups attached to an aromatic ring is 1. The summed E-state index contributed by atoms with van der Waals surface area (Å²) in [4.78, 5) is 20.6. The molecule has 0 spiro atoms. The minimum absolute atomic E-state index is 0.198. The number of amides is 1. The second kappa shape index (κ2) is 10.8. The summed E-state index contributed by atoms with van der Waals surface area (Å²) in [5.74, 6) is -0.198. The van der Waals surface area contributed by atoms with Crippen molar-refractivity contribution in [1.29, 1.82) is 0 Å². The number of nitrogens with two attached hydrogens (primary N) is 2. The minimum atomic E-state index is -0.198. The average Bonchev–Trinajstić information content (AvgIpc) is 2.78. The van der Waals surface area contributed by atoms with Crippen molar-refractivity contribution in [2.75, 3.05) is 48.8 Å². The van der Waals surface area contributed by atoms with Gasteiger partial charge in [0.1, 0.15) is 0 Å². The van der Waals surface area contributed by atoms with Gasteiger partial charge in [0.25, 0.3) is 5.91 Å². The monoisotopic (exact) mass is 455 g/mol. The lowest BCUT2D eigenvalue weighted by Crippen LogP contribution is -2.37. The van der Waals surface area contributed by atoms with Crippen molar-refractivity contribution in [3.63, 3.8) is 0 Å². The number of rotatable bonds is 7. The number of ether oxygens (including phenoxy) is 1. The van der Waals surface area contributed by atoms with Gasteiger partial charge in [-0.25, -0.2) is 0 Å². The van der Waals surface area contributed by atoms with Gasteiger partial charge in [-0.05, 0) is 54.1 Å². The fourth-order valence-electron chi connectivity index (χ4n) is 3.37. The molecule has 172 valence electrons. The number of nitrogens with zero attached hydrogens (tertiary/aromatic N) is 2. The summed E-state index contributed by atoms with van der Waals surface area (Å²) >= 11 is 1.11. The molecule has 0 aromatic heterocycles. The van der Waals surface area contributed by atoms with Crippen LogP contribution in [0.2, 0.25) is 0 Å². The maximum atomic E-state index is 13.0. The molecule has 0 atom stereocenters. The van der Waals surface area contributed by atoms with Gasteiger partial charge in [0, 0.05) is 47.6 Å². The van der Waals surface area contributed by atoms with Gasteiger partial charge in [0.15, 0.2) is 0 Å². The molecular formula is C24H33N5O2S. The predicted molar refractivity (Wildman–Crippen MR) is 135 cm³/mol. The van der Waals surface area contributed by atoms with Crippen LogP contribution in [0.3, 0.4) is 0 Å². The number of anilines is 3. The van der Waals surface area contributed by atoms with Crippen LogP contribution < -0.4 is 21.1 Å². The van der Waals surface area contributed by atoms with E-state index in [0.29, 0.717) is 30.2 Å². The first-order chi connectivity index (χ1) is 15.3. The Balaban J connectivity index is 1.89. The molecule has 0 saturated carbocycles. The number of aliphatic imine (C=N–C) groups is 1. The first-order valence-electron chi connectivity index (χ1n) is 10.8. The second-order valence-corrected chi connectivity index (χ2v) is 9.75. The Morgan fingerprint density at radius 1 is 1.25 bits per heavy atom. The molecule has 7 nitrogen and oxygen atoms in total. The van der Waals surface area contributed by atoms with Crippen LogP contribution in [-0.4, -0.2) is 45.0 Å². The van der Waals surface area contributed by atoms with Gasteiger partial charge in [-0.3, -0.25) is 14.9 Å². The minimum Gasteiger partial charge on any atom is -0.398 e. The normalized spacial score (nSPS) is 14.7. The van der Waals surface area contributed by atoms with Crippen LogP contribution in [-0.2, 0) is 4.74 Å². The molecule has 32 heavy (non-hydrogen) atoms. The van der Waals surface area contributed by atoms with E-state index >= 15 is 0 Å². The third kappa shape index (κ3) is 6.72. The number of nitrogens with one attached hydrogen (secondary N) is 1. The quantitative estimate of drug-likeness (QED) is 0.329. The van der Waals surface area contributed by atoms with E-state index in [1.165, 1.54) is 0 Å². The number of hydrogen-bond acceptors (Lipinski definition) is 7. The molecule has 1 aliphatic heterocycles. The van der Waals surface area contributed by atoms with Crippen LogP contribution in [0, 0.1) is 5.41 Å². The predicted octanol–water partition coefficient (Wildman–Crippen LogP) is 4.18. The lowest BCUT2D eigenvalue weighted by Gasteiger charge is -2.31. The van der Waals surface area contributed by atoms with Crippen LogP contribution >= 0.6 is 11.9 Å². The summed E-state index contributed by atoms with van der Waals surface area (Å²) in [6.45, 7) is 10.1. The summed E-state index contributed by atoms with van der Waals surface area (Å²) in [7, 11) is 0. The second-order valence-electron chi connectivity index (χ2n) is 9.04. The Bertz CT molecular complexity index is 965. The van der Waals surface area contributed by atoms with Crippen molar-refractivity contribution in [2.24, 2.45) is 15.5 Å². The van der Waals surface area contributed by atoms with Crippen LogP contribution in [0.5, 0.6) is 0 Å². The molecule has 1 heterocycles. The highest BCUT2D eigenvalue weighted by Crippen LogP contribution is 2.32. The Morgan fingerprint density at radius 2 is 2.00 bits per heavy atom. The molecule has 0 unspecified atom stereocenters. The molecule has 2 aromatic rings. The zero-order valence-corrected chi connectivity index (χ0v) is 19.9. The van der Waals surface area contributed by atoms with Crippen molar-refractivity contribution in [1.82, 2.24) is 0 Å². The highest BCUT2D eigenvalue weighted by Gasteiger charge is 2.19. The molecule has 0 bridgehead atoms. The van der Waals surface area contributed by atoms with E-state index < -0.39 is 0 Å². The largest absolute Gasteiger partial charge is 0.398 e.